The van der Waals surface area contributed by atoms with Gasteiger partial charge in [-0.25, -0.2) is 10.8 Å². The van der Waals surface area contributed by atoms with Crippen LogP contribution in [0.5, 0.6) is 0 Å². The molecule has 0 amide bonds. The van der Waals surface area contributed by atoms with E-state index in [2.05, 4.69) is 20.3 Å². The minimum atomic E-state index is 0.551. The molecule has 1 saturated heterocycles. The molecule has 3 N–H and O–H groups in total. The Morgan fingerprint density at radius 3 is 2.78 bits per heavy atom. The van der Waals surface area contributed by atoms with E-state index < -0.39 is 0 Å². The first kappa shape index (κ1) is 11.7. The van der Waals surface area contributed by atoms with Crippen molar-refractivity contribution in [3.63, 3.8) is 0 Å². The van der Waals surface area contributed by atoms with Crippen LogP contribution in [-0.2, 0) is 17.8 Å². The van der Waals surface area contributed by atoms with E-state index in [0.717, 1.165) is 43.3 Å². The summed E-state index contributed by atoms with van der Waals surface area (Å²) >= 11 is 0. The number of piperidine rings is 1. The van der Waals surface area contributed by atoms with Crippen LogP contribution in [-0.4, -0.2) is 29.7 Å². The predicted octanol–water partition coefficient (Wildman–Crippen LogP) is 0.825. The maximum Gasteiger partial charge on any atom is 0.227 e. The molecule has 3 heterocycles. The van der Waals surface area contributed by atoms with Crippen molar-refractivity contribution in [2.45, 2.75) is 32.3 Å². The van der Waals surface area contributed by atoms with Crippen molar-refractivity contribution in [2.24, 2.45) is 5.84 Å². The maximum absolute atomic E-state index is 5.56. The molecule has 0 spiro atoms. The third-order valence-electron chi connectivity index (χ3n) is 3.59. The Bertz CT molecular complexity index is 413. The largest absolute Gasteiger partial charge is 0.376 e. The molecular formula is C12H19N5O. The van der Waals surface area contributed by atoms with Crippen molar-refractivity contribution in [1.29, 1.82) is 0 Å². The molecule has 98 valence electrons. The first-order valence-electron chi connectivity index (χ1n) is 6.57. The minimum absolute atomic E-state index is 0.551. The second kappa shape index (κ2) is 5.07. The van der Waals surface area contributed by atoms with Crippen molar-refractivity contribution in [3.8, 4) is 0 Å². The lowest BCUT2D eigenvalue weighted by Gasteiger charge is -2.28. The molecule has 1 aromatic rings. The summed E-state index contributed by atoms with van der Waals surface area (Å²) in [7, 11) is 0. The van der Waals surface area contributed by atoms with Gasteiger partial charge in [-0.05, 0) is 19.3 Å². The zero-order valence-electron chi connectivity index (χ0n) is 10.5. The van der Waals surface area contributed by atoms with Gasteiger partial charge in [0.15, 0.2) is 5.82 Å². The predicted molar refractivity (Wildman–Crippen MR) is 69.3 cm³/mol. The Morgan fingerprint density at radius 2 is 2.00 bits per heavy atom. The van der Waals surface area contributed by atoms with E-state index >= 15 is 0 Å². The van der Waals surface area contributed by atoms with Gasteiger partial charge in [-0.1, -0.05) is 0 Å². The van der Waals surface area contributed by atoms with E-state index in [1.54, 1.807) is 0 Å². The average molecular weight is 249 g/mol. The minimum Gasteiger partial charge on any atom is -0.376 e. The molecule has 2 aliphatic rings. The first-order chi connectivity index (χ1) is 8.88. The van der Waals surface area contributed by atoms with Gasteiger partial charge in [-0.15, -0.1) is 0 Å². The highest BCUT2D eigenvalue weighted by molar-refractivity contribution is 5.51. The number of nitrogen functional groups attached to an aromatic ring is 1. The number of rotatable bonds is 2. The van der Waals surface area contributed by atoms with Crippen LogP contribution < -0.4 is 16.2 Å². The zero-order valence-corrected chi connectivity index (χ0v) is 10.5. The van der Waals surface area contributed by atoms with Crippen LogP contribution in [0.3, 0.4) is 0 Å². The van der Waals surface area contributed by atoms with E-state index in [1.807, 2.05) is 0 Å². The molecule has 0 saturated carbocycles. The van der Waals surface area contributed by atoms with Crippen molar-refractivity contribution in [1.82, 2.24) is 9.97 Å². The van der Waals surface area contributed by atoms with Gasteiger partial charge in [-0.3, -0.25) is 0 Å². The molecule has 1 fully saturated rings. The molecule has 0 atom stereocenters. The van der Waals surface area contributed by atoms with E-state index in [4.69, 9.17) is 10.6 Å². The molecule has 18 heavy (non-hydrogen) atoms. The summed E-state index contributed by atoms with van der Waals surface area (Å²) in [6.45, 7) is 3.36. The van der Waals surface area contributed by atoms with E-state index in [-0.39, 0.29) is 0 Å². The fourth-order valence-electron chi connectivity index (χ4n) is 2.57. The summed E-state index contributed by atoms with van der Waals surface area (Å²) in [5, 5.41) is 0. The molecule has 1 aromatic heterocycles. The standard InChI is InChI=1S/C12H19N5O/c13-16-11-9-8-18-7-4-10(9)14-12(15-11)17-5-2-1-3-6-17/h1-8,13H2,(H,14,15,16). The quantitative estimate of drug-likeness (QED) is 0.597. The first-order valence-corrected chi connectivity index (χ1v) is 6.57. The summed E-state index contributed by atoms with van der Waals surface area (Å²) in [4.78, 5) is 11.5. The van der Waals surface area contributed by atoms with Gasteiger partial charge in [0.2, 0.25) is 5.95 Å². The van der Waals surface area contributed by atoms with Crippen LogP contribution in [0.4, 0.5) is 11.8 Å². The molecular weight excluding hydrogens is 230 g/mol. The van der Waals surface area contributed by atoms with Crippen molar-refractivity contribution in [3.05, 3.63) is 11.3 Å². The number of nitrogens with zero attached hydrogens (tertiary/aromatic N) is 3. The van der Waals surface area contributed by atoms with Crippen LogP contribution in [0, 0.1) is 0 Å². The molecule has 0 unspecified atom stereocenters. The van der Waals surface area contributed by atoms with E-state index in [1.165, 1.54) is 19.3 Å². The van der Waals surface area contributed by atoms with Gasteiger partial charge in [-0.2, -0.15) is 4.98 Å². The summed E-state index contributed by atoms with van der Waals surface area (Å²) < 4.78 is 5.43. The molecule has 0 bridgehead atoms. The Balaban J connectivity index is 1.94. The molecule has 3 rings (SSSR count). The third-order valence-corrected chi connectivity index (χ3v) is 3.59. The highest BCUT2D eigenvalue weighted by atomic mass is 16.5. The Kier molecular flexibility index (Phi) is 3.29. The Labute approximate surface area is 107 Å². The van der Waals surface area contributed by atoms with Gasteiger partial charge >= 0.3 is 0 Å². The lowest BCUT2D eigenvalue weighted by Crippen LogP contribution is -2.32. The summed E-state index contributed by atoms with van der Waals surface area (Å²) in [5.41, 5.74) is 4.75. The molecule has 0 aromatic carbocycles. The van der Waals surface area contributed by atoms with Gasteiger partial charge in [0, 0.05) is 25.1 Å². The zero-order chi connectivity index (χ0) is 12.4. The number of anilines is 2. The van der Waals surface area contributed by atoms with E-state index in [9.17, 15) is 0 Å². The highest BCUT2D eigenvalue weighted by Gasteiger charge is 2.21. The van der Waals surface area contributed by atoms with Gasteiger partial charge in [0.25, 0.3) is 0 Å². The topological polar surface area (TPSA) is 76.3 Å². The number of nitrogens with one attached hydrogen (secondary N) is 1. The molecule has 0 aliphatic carbocycles. The number of aromatic nitrogens is 2. The maximum atomic E-state index is 5.56. The Hall–Kier alpha value is -1.40. The van der Waals surface area contributed by atoms with Crippen LogP contribution in [0.1, 0.15) is 30.5 Å². The van der Waals surface area contributed by atoms with Crippen molar-refractivity contribution in [2.75, 3.05) is 30.0 Å². The molecule has 6 nitrogen and oxygen atoms in total. The monoisotopic (exact) mass is 249 g/mol. The van der Waals surface area contributed by atoms with Crippen LogP contribution in [0.25, 0.3) is 0 Å². The van der Waals surface area contributed by atoms with Crippen LogP contribution >= 0.6 is 0 Å². The van der Waals surface area contributed by atoms with Gasteiger partial charge in [0.05, 0.1) is 18.9 Å². The number of hydrogen-bond acceptors (Lipinski definition) is 6. The molecule has 0 radical (unpaired) electrons. The lowest BCUT2D eigenvalue weighted by molar-refractivity contribution is 0.109. The highest BCUT2D eigenvalue weighted by Crippen LogP contribution is 2.25. The number of hydrogen-bond donors (Lipinski definition) is 2. The number of ether oxygens (including phenoxy) is 1. The smallest absolute Gasteiger partial charge is 0.227 e. The van der Waals surface area contributed by atoms with Crippen molar-refractivity contribution >= 4 is 11.8 Å². The van der Waals surface area contributed by atoms with Gasteiger partial charge in [0.1, 0.15) is 0 Å². The molecule has 2 aliphatic heterocycles. The number of hydrazine groups is 1. The van der Waals surface area contributed by atoms with E-state index in [0.29, 0.717) is 12.4 Å². The second-order valence-electron chi connectivity index (χ2n) is 4.79. The normalized spacial score (nSPS) is 19.5. The second-order valence-corrected chi connectivity index (χ2v) is 4.79. The van der Waals surface area contributed by atoms with Gasteiger partial charge < -0.3 is 15.1 Å². The number of fused-ring (bicyclic) bond motifs is 1. The Morgan fingerprint density at radius 1 is 1.17 bits per heavy atom. The summed E-state index contributed by atoms with van der Waals surface area (Å²) in [6.07, 6.45) is 4.58. The summed E-state index contributed by atoms with van der Waals surface area (Å²) in [5.74, 6) is 7.08. The number of nitrogens with two attached hydrogens (primary N) is 1. The fourth-order valence-corrected chi connectivity index (χ4v) is 2.57. The summed E-state index contributed by atoms with van der Waals surface area (Å²) in [6, 6.07) is 0. The molecule has 6 heteroatoms. The lowest BCUT2D eigenvalue weighted by atomic mass is 10.1. The van der Waals surface area contributed by atoms with Crippen molar-refractivity contribution < 1.29 is 4.74 Å². The van der Waals surface area contributed by atoms with Crippen LogP contribution in [0.15, 0.2) is 0 Å². The average Bonchev–Trinajstić information content (AvgIpc) is 2.47. The third kappa shape index (κ3) is 2.13. The SMILES string of the molecule is NNc1nc(N2CCCCC2)nc2c1COCC2. The van der Waals surface area contributed by atoms with Crippen LogP contribution in [0.2, 0.25) is 0 Å². The fraction of sp³-hybridized carbons (Fsp3) is 0.667.